The molecule has 0 bridgehead atoms. The minimum absolute atomic E-state index is 0.124. The van der Waals surface area contributed by atoms with Gasteiger partial charge < -0.3 is 4.74 Å². The highest BCUT2D eigenvalue weighted by Gasteiger charge is 2.37. The Morgan fingerprint density at radius 1 is 1.33 bits per heavy atom. The van der Waals surface area contributed by atoms with Gasteiger partial charge in [0.1, 0.15) is 0 Å². The van der Waals surface area contributed by atoms with Gasteiger partial charge in [0, 0.05) is 0 Å². The third-order valence-electron chi connectivity index (χ3n) is 2.67. The molecule has 0 amide bonds. The predicted octanol–water partition coefficient (Wildman–Crippen LogP) is 2.07. The second-order valence-corrected chi connectivity index (χ2v) is 3.68. The average molecular weight is 128 g/mol. The van der Waals surface area contributed by atoms with Crippen molar-refractivity contribution in [2.45, 2.75) is 33.3 Å². The summed E-state index contributed by atoms with van der Waals surface area (Å²) in [6, 6.07) is 0. The van der Waals surface area contributed by atoms with E-state index < -0.39 is 0 Å². The molecule has 1 rings (SSSR count). The molecular weight excluding hydrogens is 112 g/mol. The van der Waals surface area contributed by atoms with Crippen LogP contribution >= 0.6 is 0 Å². The van der Waals surface area contributed by atoms with Gasteiger partial charge in [-0.3, -0.25) is 0 Å². The topological polar surface area (TPSA) is 9.23 Å². The van der Waals surface area contributed by atoms with E-state index in [1.54, 1.807) is 0 Å². The molecule has 0 aromatic heterocycles. The SMILES string of the molecule is C[C@H]1COC(C)(C)[C@H]1C. The van der Waals surface area contributed by atoms with Crippen molar-refractivity contribution in [1.82, 2.24) is 0 Å². The lowest BCUT2D eigenvalue weighted by atomic mass is 9.86. The van der Waals surface area contributed by atoms with Crippen molar-refractivity contribution in [1.29, 1.82) is 0 Å². The standard InChI is InChI=1S/C8H16O/c1-6-5-9-8(3,4)7(6)2/h6-7H,5H2,1-4H3/t6-,7-/m0/s1. The summed E-state index contributed by atoms with van der Waals surface area (Å²) in [5.41, 5.74) is 0.124. The third-order valence-corrected chi connectivity index (χ3v) is 2.67. The van der Waals surface area contributed by atoms with Gasteiger partial charge in [0.05, 0.1) is 12.2 Å². The summed E-state index contributed by atoms with van der Waals surface area (Å²) in [6.45, 7) is 9.79. The van der Waals surface area contributed by atoms with Gasteiger partial charge in [-0.2, -0.15) is 0 Å². The van der Waals surface area contributed by atoms with Gasteiger partial charge in [0.15, 0.2) is 0 Å². The minimum atomic E-state index is 0.124. The largest absolute Gasteiger partial charge is 0.375 e. The second kappa shape index (κ2) is 1.98. The molecule has 0 spiro atoms. The van der Waals surface area contributed by atoms with Gasteiger partial charge in [-0.25, -0.2) is 0 Å². The van der Waals surface area contributed by atoms with E-state index in [4.69, 9.17) is 4.74 Å². The fourth-order valence-corrected chi connectivity index (χ4v) is 1.31. The number of ether oxygens (including phenoxy) is 1. The Morgan fingerprint density at radius 2 is 1.89 bits per heavy atom. The van der Waals surface area contributed by atoms with E-state index in [1.807, 2.05) is 0 Å². The molecule has 1 heteroatoms. The molecule has 0 aliphatic carbocycles. The molecule has 1 fully saturated rings. The summed E-state index contributed by atoms with van der Waals surface area (Å²) >= 11 is 0. The third kappa shape index (κ3) is 1.11. The molecule has 2 atom stereocenters. The highest BCUT2D eigenvalue weighted by Crippen LogP contribution is 2.34. The van der Waals surface area contributed by atoms with E-state index in [0.717, 1.165) is 12.5 Å². The normalized spacial score (nSPS) is 41.3. The van der Waals surface area contributed by atoms with Gasteiger partial charge in [-0.1, -0.05) is 13.8 Å². The predicted molar refractivity (Wildman–Crippen MR) is 38.4 cm³/mol. The molecule has 1 nitrogen and oxygen atoms in total. The van der Waals surface area contributed by atoms with Crippen LogP contribution < -0.4 is 0 Å². The van der Waals surface area contributed by atoms with Gasteiger partial charge in [0.25, 0.3) is 0 Å². The van der Waals surface area contributed by atoms with Crippen molar-refractivity contribution in [3.8, 4) is 0 Å². The molecule has 0 aromatic rings. The molecule has 1 heterocycles. The van der Waals surface area contributed by atoms with Crippen LogP contribution in [-0.2, 0) is 4.74 Å². The lowest BCUT2D eigenvalue weighted by Crippen LogP contribution is -2.26. The molecule has 9 heavy (non-hydrogen) atoms. The van der Waals surface area contributed by atoms with Crippen molar-refractivity contribution in [2.75, 3.05) is 6.61 Å². The monoisotopic (exact) mass is 128 g/mol. The second-order valence-electron chi connectivity index (χ2n) is 3.68. The Labute approximate surface area is 57.4 Å². The molecule has 0 N–H and O–H groups in total. The molecule has 0 unspecified atom stereocenters. The first-order valence-corrected chi connectivity index (χ1v) is 3.68. The highest BCUT2D eigenvalue weighted by atomic mass is 16.5. The zero-order valence-corrected chi connectivity index (χ0v) is 6.77. The molecular formula is C8H16O. The van der Waals surface area contributed by atoms with Crippen LogP contribution in [0, 0.1) is 11.8 Å². The average Bonchev–Trinajstić information content (AvgIpc) is 1.97. The van der Waals surface area contributed by atoms with Crippen LogP contribution in [0.5, 0.6) is 0 Å². The molecule has 0 saturated carbocycles. The summed E-state index contributed by atoms with van der Waals surface area (Å²) in [5.74, 6) is 1.44. The maximum Gasteiger partial charge on any atom is 0.0655 e. The molecule has 1 aliphatic rings. The van der Waals surface area contributed by atoms with Crippen LogP contribution in [-0.4, -0.2) is 12.2 Å². The Balaban J connectivity index is 2.62. The van der Waals surface area contributed by atoms with Crippen LogP contribution in [0.1, 0.15) is 27.7 Å². The first kappa shape index (κ1) is 7.07. The maximum atomic E-state index is 5.56. The molecule has 1 aliphatic heterocycles. The molecule has 0 radical (unpaired) electrons. The van der Waals surface area contributed by atoms with Crippen LogP contribution in [0.15, 0.2) is 0 Å². The van der Waals surface area contributed by atoms with Gasteiger partial charge in [0.2, 0.25) is 0 Å². The Morgan fingerprint density at radius 3 is 2.00 bits per heavy atom. The van der Waals surface area contributed by atoms with Crippen molar-refractivity contribution in [2.24, 2.45) is 11.8 Å². The van der Waals surface area contributed by atoms with Gasteiger partial charge in [-0.15, -0.1) is 0 Å². The van der Waals surface area contributed by atoms with Crippen molar-refractivity contribution in [3.63, 3.8) is 0 Å². The van der Waals surface area contributed by atoms with Crippen LogP contribution in [0.3, 0.4) is 0 Å². The van der Waals surface area contributed by atoms with Crippen LogP contribution in [0.25, 0.3) is 0 Å². The Hall–Kier alpha value is -0.0400. The Bertz CT molecular complexity index is 107. The molecule has 0 aromatic carbocycles. The van der Waals surface area contributed by atoms with E-state index in [9.17, 15) is 0 Å². The number of hydrogen-bond acceptors (Lipinski definition) is 1. The first-order valence-electron chi connectivity index (χ1n) is 3.68. The first-order chi connectivity index (χ1) is 4.04. The minimum Gasteiger partial charge on any atom is -0.375 e. The van der Waals surface area contributed by atoms with Crippen LogP contribution in [0.4, 0.5) is 0 Å². The van der Waals surface area contributed by atoms with E-state index in [2.05, 4.69) is 27.7 Å². The summed E-state index contributed by atoms with van der Waals surface area (Å²) in [4.78, 5) is 0. The number of hydrogen-bond donors (Lipinski definition) is 0. The lowest BCUT2D eigenvalue weighted by Gasteiger charge is -2.23. The van der Waals surface area contributed by atoms with E-state index in [0.29, 0.717) is 5.92 Å². The zero-order valence-electron chi connectivity index (χ0n) is 6.77. The zero-order chi connectivity index (χ0) is 7.07. The summed E-state index contributed by atoms with van der Waals surface area (Å²) in [7, 11) is 0. The fourth-order valence-electron chi connectivity index (χ4n) is 1.31. The maximum absolute atomic E-state index is 5.56. The van der Waals surface area contributed by atoms with Crippen LogP contribution in [0.2, 0.25) is 0 Å². The van der Waals surface area contributed by atoms with Crippen molar-refractivity contribution < 1.29 is 4.74 Å². The smallest absolute Gasteiger partial charge is 0.0655 e. The fraction of sp³-hybridized carbons (Fsp3) is 1.00. The van der Waals surface area contributed by atoms with E-state index >= 15 is 0 Å². The molecule has 54 valence electrons. The quantitative estimate of drug-likeness (QED) is 0.485. The highest BCUT2D eigenvalue weighted by molar-refractivity contribution is 4.85. The Kier molecular flexibility index (Phi) is 1.55. The summed E-state index contributed by atoms with van der Waals surface area (Å²) in [5, 5.41) is 0. The van der Waals surface area contributed by atoms with Crippen molar-refractivity contribution in [3.05, 3.63) is 0 Å². The summed E-state index contributed by atoms with van der Waals surface area (Å²) in [6.07, 6.45) is 0. The number of rotatable bonds is 0. The van der Waals surface area contributed by atoms with Crippen molar-refractivity contribution >= 4 is 0 Å². The van der Waals surface area contributed by atoms with Gasteiger partial charge in [-0.05, 0) is 25.7 Å². The van der Waals surface area contributed by atoms with Gasteiger partial charge >= 0.3 is 0 Å². The molecule has 1 saturated heterocycles. The van der Waals surface area contributed by atoms with E-state index in [1.165, 1.54) is 0 Å². The van der Waals surface area contributed by atoms with E-state index in [-0.39, 0.29) is 5.60 Å². The lowest BCUT2D eigenvalue weighted by molar-refractivity contribution is 0.0152. The summed E-state index contributed by atoms with van der Waals surface area (Å²) < 4.78 is 5.56.